The standard InChI is InChI=1S/C20H21N3O3S2/c24-20(22-14-5-13-21-17-6-2-1-3-7-17)16-9-11-18(12-10-16)23-28(25,26)19-8-4-15-27-19/h1-4,6-12,15,21,23H,5,13-14H2,(H,22,24). The lowest BCUT2D eigenvalue weighted by Gasteiger charge is -2.09. The highest BCUT2D eigenvalue weighted by Crippen LogP contribution is 2.20. The van der Waals surface area contributed by atoms with Gasteiger partial charge in [0.2, 0.25) is 0 Å². The van der Waals surface area contributed by atoms with Crippen LogP contribution in [0.15, 0.2) is 76.3 Å². The van der Waals surface area contributed by atoms with E-state index < -0.39 is 10.0 Å². The Kier molecular flexibility index (Phi) is 6.67. The Bertz CT molecular complexity index is 987. The van der Waals surface area contributed by atoms with Crippen molar-refractivity contribution in [2.75, 3.05) is 23.1 Å². The highest BCUT2D eigenvalue weighted by molar-refractivity contribution is 7.94. The van der Waals surface area contributed by atoms with Crippen molar-refractivity contribution in [2.24, 2.45) is 0 Å². The number of para-hydroxylation sites is 1. The topological polar surface area (TPSA) is 87.3 Å². The lowest BCUT2D eigenvalue weighted by atomic mass is 10.2. The molecule has 28 heavy (non-hydrogen) atoms. The van der Waals surface area contributed by atoms with Gasteiger partial charge in [-0.2, -0.15) is 0 Å². The molecule has 3 N–H and O–H groups in total. The number of carbonyl (C=O) groups excluding carboxylic acids is 1. The number of nitrogens with one attached hydrogen (secondary N) is 3. The average molecular weight is 416 g/mol. The zero-order valence-electron chi connectivity index (χ0n) is 15.1. The first-order chi connectivity index (χ1) is 13.5. The van der Waals surface area contributed by atoms with Crippen molar-refractivity contribution in [3.63, 3.8) is 0 Å². The monoisotopic (exact) mass is 415 g/mol. The van der Waals surface area contributed by atoms with Crippen LogP contribution < -0.4 is 15.4 Å². The predicted molar refractivity (Wildman–Crippen MR) is 113 cm³/mol. The summed E-state index contributed by atoms with van der Waals surface area (Å²) in [5.41, 5.74) is 1.95. The van der Waals surface area contributed by atoms with Crippen LogP contribution in [0.4, 0.5) is 11.4 Å². The van der Waals surface area contributed by atoms with Gasteiger partial charge in [-0.05, 0) is 54.3 Å². The second-order valence-electron chi connectivity index (χ2n) is 6.02. The lowest BCUT2D eigenvalue weighted by molar-refractivity contribution is 0.0953. The first-order valence-corrected chi connectivity index (χ1v) is 11.1. The van der Waals surface area contributed by atoms with Crippen molar-refractivity contribution < 1.29 is 13.2 Å². The Morgan fingerprint density at radius 2 is 1.61 bits per heavy atom. The summed E-state index contributed by atoms with van der Waals surface area (Å²) in [7, 11) is -3.59. The fourth-order valence-electron chi connectivity index (χ4n) is 2.49. The predicted octanol–water partition coefficient (Wildman–Crippen LogP) is 3.78. The number of hydrogen-bond acceptors (Lipinski definition) is 5. The van der Waals surface area contributed by atoms with Crippen molar-refractivity contribution in [3.8, 4) is 0 Å². The zero-order chi connectivity index (χ0) is 19.8. The number of amides is 1. The molecule has 2 aromatic carbocycles. The maximum absolute atomic E-state index is 12.2. The van der Waals surface area contributed by atoms with E-state index in [4.69, 9.17) is 0 Å². The van der Waals surface area contributed by atoms with Gasteiger partial charge >= 0.3 is 0 Å². The molecule has 146 valence electrons. The van der Waals surface area contributed by atoms with Gasteiger partial charge in [0.15, 0.2) is 0 Å². The summed E-state index contributed by atoms with van der Waals surface area (Å²) >= 11 is 1.15. The maximum atomic E-state index is 12.2. The normalized spacial score (nSPS) is 11.0. The second kappa shape index (κ2) is 9.38. The Labute approximate surface area is 168 Å². The summed E-state index contributed by atoms with van der Waals surface area (Å²) in [6.45, 7) is 1.30. The Morgan fingerprint density at radius 3 is 2.29 bits per heavy atom. The van der Waals surface area contributed by atoms with Crippen molar-refractivity contribution in [1.82, 2.24) is 5.32 Å². The Morgan fingerprint density at radius 1 is 0.857 bits per heavy atom. The summed E-state index contributed by atoms with van der Waals surface area (Å²) in [5, 5.41) is 7.85. The molecule has 3 rings (SSSR count). The Balaban J connectivity index is 1.44. The molecule has 0 fully saturated rings. The van der Waals surface area contributed by atoms with Crippen LogP contribution in [-0.4, -0.2) is 27.4 Å². The third kappa shape index (κ3) is 5.58. The van der Waals surface area contributed by atoms with Crippen LogP contribution in [0, 0.1) is 0 Å². The van der Waals surface area contributed by atoms with E-state index in [1.165, 1.54) is 0 Å². The highest BCUT2D eigenvalue weighted by atomic mass is 32.2. The van der Waals surface area contributed by atoms with Gasteiger partial charge in [0.05, 0.1) is 0 Å². The van der Waals surface area contributed by atoms with E-state index in [0.29, 0.717) is 17.8 Å². The van der Waals surface area contributed by atoms with Gasteiger partial charge in [-0.25, -0.2) is 8.42 Å². The molecular formula is C20H21N3O3S2. The van der Waals surface area contributed by atoms with Gasteiger partial charge in [-0.1, -0.05) is 24.3 Å². The molecule has 3 aromatic rings. The second-order valence-corrected chi connectivity index (χ2v) is 8.87. The van der Waals surface area contributed by atoms with E-state index in [1.54, 1.807) is 41.8 Å². The van der Waals surface area contributed by atoms with Gasteiger partial charge in [-0.15, -0.1) is 11.3 Å². The molecule has 0 aliphatic carbocycles. The molecule has 0 aliphatic rings. The first kappa shape index (κ1) is 19.9. The molecular weight excluding hydrogens is 394 g/mol. The summed E-state index contributed by atoms with van der Waals surface area (Å²) < 4.78 is 27.2. The van der Waals surface area contributed by atoms with Crippen LogP contribution >= 0.6 is 11.3 Å². The van der Waals surface area contributed by atoms with E-state index in [9.17, 15) is 13.2 Å². The molecule has 0 bridgehead atoms. The van der Waals surface area contributed by atoms with E-state index in [2.05, 4.69) is 15.4 Å². The SMILES string of the molecule is O=C(NCCCNc1ccccc1)c1ccc(NS(=O)(=O)c2cccs2)cc1. The van der Waals surface area contributed by atoms with Crippen LogP contribution in [0.25, 0.3) is 0 Å². The minimum atomic E-state index is -3.59. The van der Waals surface area contributed by atoms with Crippen molar-refractivity contribution >= 4 is 38.6 Å². The molecule has 1 amide bonds. The molecule has 0 radical (unpaired) electrons. The molecule has 0 saturated carbocycles. The molecule has 8 heteroatoms. The Hall–Kier alpha value is -2.84. The number of hydrogen-bond donors (Lipinski definition) is 3. The smallest absolute Gasteiger partial charge is 0.271 e. The minimum absolute atomic E-state index is 0.188. The van der Waals surface area contributed by atoms with Crippen LogP contribution in [0.5, 0.6) is 0 Å². The number of rotatable bonds is 9. The molecule has 0 spiro atoms. The highest BCUT2D eigenvalue weighted by Gasteiger charge is 2.15. The largest absolute Gasteiger partial charge is 0.385 e. The molecule has 0 atom stereocenters. The quantitative estimate of drug-likeness (QED) is 0.464. The number of carbonyl (C=O) groups is 1. The summed E-state index contributed by atoms with van der Waals surface area (Å²) in [6, 6.07) is 19.5. The lowest BCUT2D eigenvalue weighted by Crippen LogP contribution is -2.25. The summed E-state index contributed by atoms with van der Waals surface area (Å²) in [5.74, 6) is -0.188. The molecule has 0 aliphatic heterocycles. The number of benzene rings is 2. The van der Waals surface area contributed by atoms with Crippen molar-refractivity contribution in [3.05, 3.63) is 77.7 Å². The van der Waals surface area contributed by atoms with Crippen LogP contribution in [0.2, 0.25) is 0 Å². The summed E-state index contributed by atoms with van der Waals surface area (Å²) in [4.78, 5) is 12.2. The zero-order valence-corrected chi connectivity index (χ0v) is 16.7. The molecule has 1 aromatic heterocycles. The number of sulfonamides is 1. The van der Waals surface area contributed by atoms with Gasteiger partial charge < -0.3 is 10.6 Å². The van der Waals surface area contributed by atoms with Gasteiger partial charge in [0.25, 0.3) is 15.9 Å². The van der Waals surface area contributed by atoms with E-state index in [1.807, 2.05) is 30.3 Å². The van der Waals surface area contributed by atoms with Gasteiger partial charge in [0.1, 0.15) is 4.21 Å². The van der Waals surface area contributed by atoms with Crippen LogP contribution in [-0.2, 0) is 10.0 Å². The van der Waals surface area contributed by atoms with E-state index in [0.717, 1.165) is 30.0 Å². The van der Waals surface area contributed by atoms with Crippen LogP contribution in [0.3, 0.4) is 0 Å². The minimum Gasteiger partial charge on any atom is -0.385 e. The fraction of sp³-hybridized carbons (Fsp3) is 0.150. The van der Waals surface area contributed by atoms with Crippen molar-refractivity contribution in [2.45, 2.75) is 10.6 Å². The third-order valence-corrected chi connectivity index (χ3v) is 6.68. The maximum Gasteiger partial charge on any atom is 0.271 e. The molecule has 0 saturated heterocycles. The van der Waals surface area contributed by atoms with Crippen molar-refractivity contribution in [1.29, 1.82) is 0 Å². The first-order valence-electron chi connectivity index (χ1n) is 8.78. The van der Waals surface area contributed by atoms with E-state index >= 15 is 0 Å². The van der Waals surface area contributed by atoms with Crippen LogP contribution in [0.1, 0.15) is 16.8 Å². The van der Waals surface area contributed by atoms with Gasteiger partial charge in [0, 0.05) is 30.0 Å². The molecule has 6 nitrogen and oxygen atoms in total. The molecule has 0 unspecified atom stereocenters. The average Bonchev–Trinajstić information content (AvgIpc) is 3.25. The molecule has 1 heterocycles. The number of anilines is 2. The fourth-order valence-corrected chi connectivity index (χ4v) is 4.54. The third-order valence-electron chi connectivity index (χ3n) is 3.90. The number of thiophene rings is 1. The van der Waals surface area contributed by atoms with E-state index in [-0.39, 0.29) is 10.1 Å². The van der Waals surface area contributed by atoms with Gasteiger partial charge in [-0.3, -0.25) is 9.52 Å². The summed E-state index contributed by atoms with van der Waals surface area (Å²) in [6.07, 6.45) is 0.791.